The van der Waals surface area contributed by atoms with Crippen molar-refractivity contribution in [3.8, 4) is 0 Å². The van der Waals surface area contributed by atoms with E-state index in [1.54, 1.807) is 0 Å². The Bertz CT molecular complexity index is 539. The van der Waals surface area contributed by atoms with E-state index in [4.69, 9.17) is 12.2 Å². The predicted octanol–water partition coefficient (Wildman–Crippen LogP) is 3.06. The number of nitrogens with one attached hydrogen (secondary N) is 2. The van der Waals surface area contributed by atoms with Gasteiger partial charge in [-0.05, 0) is 59.2 Å². The van der Waals surface area contributed by atoms with E-state index in [-0.39, 0.29) is 11.6 Å². The number of hydrogen-bond donors (Lipinski definition) is 2. The minimum absolute atomic E-state index is 0.0220. The highest BCUT2D eigenvalue weighted by Crippen LogP contribution is 2.32. The molecule has 0 saturated carbocycles. The van der Waals surface area contributed by atoms with Crippen molar-refractivity contribution >= 4 is 17.3 Å². The second-order valence-electron chi connectivity index (χ2n) is 6.86. The predicted molar refractivity (Wildman–Crippen MR) is 91.5 cm³/mol. The van der Waals surface area contributed by atoms with Gasteiger partial charge in [0.1, 0.15) is 0 Å². The Hall–Kier alpha value is -1.36. The summed E-state index contributed by atoms with van der Waals surface area (Å²) in [5.74, 6) is 0. The zero-order chi connectivity index (χ0) is 15.6. The Morgan fingerprint density at radius 1 is 1.52 bits per heavy atom. The summed E-state index contributed by atoms with van der Waals surface area (Å²) in [6, 6.07) is 0.259. The Kier molecular flexibility index (Phi) is 4.71. The van der Waals surface area contributed by atoms with E-state index < -0.39 is 0 Å². The van der Waals surface area contributed by atoms with Gasteiger partial charge in [0.05, 0.1) is 17.8 Å². The fraction of sp³-hybridized carbons (Fsp3) is 0.625. The van der Waals surface area contributed by atoms with Crippen LogP contribution in [0.5, 0.6) is 0 Å². The zero-order valence-corrected chi connectivity index (χ0v) is 14.3. The molecule has 0 radical (unpaired) electrons. The van der Waals surface area contributed by atoms with Crippen LogP contribution in [0.15, 0.2) is 18.3 Å². The van der Waals surface area contributed by atoms with Gasteiger partial charge in [0.25, 0.3) is 0 Å². The van der Waals surface area contributed by atoms with Crippen LogP contribution in [-0.4, -0.2) is 21.4 Å². The highest BCUT2D eigenvalue weighted by Gasteiger charge is 2.28. The first kappa shape index (κ1) is 16.0. The van der Waals surface area contributed by atoms with Crippen LogP contribution in [0.1, 0.15) is 57.8 Å². The van der Waals surface area contributed by atoms with Gasteiger partial charge in [0, 0.05) is 17.8 Å². The molecule has 1 aliphatic rings. The molecule has 0 bridgehead atoms. The molecule has 2 N–H and O–H groups in total. The molecule has 0 aliphatic heterocycles. The number of rotatable bonds is 3. The van der Waals surface area contributed by atoms with Crippen LogP contribution in [0.25, 0.3) is 0 Å². The smallest absolute Gasteiger partial charge is 0.167 e. The normalized spacial score (nSPS) is 18.0. The van der Waals surface area contributed by atoms with Crippen molar-refractivity contribution in [2.45, 2.75) is 58.5 Å². The number of hydrogen-bond acceptors (Lipinski definition) is 2. The maximum Gasteiger partial charge on any atom is 0.167 e. The summed E-state index contributed by atoms with van der Waals surface area (Å²) < 4.78 is 2.15. The van der Waals surface area contributed by atoms with Crippen LogP contribution in [-0.2, 0) is 12.0 Å². The lowest BCUT2D eigenvalue weighted by Gasteiger charge is -2.29. The first-order valence-electron chi connectivity index (χ1n) is 7.55. The molecule has 1 aliphatic carbocycles. The summed E-state index contributed by atoms with van der Waals surface area (Å²) >= 11 is 5.37. The molecule has 21 heavy (non-hydrogen) atoms. The molecule has 1 heterocycles. The summed E-state index contributed by atoms with van der Waals surface area (Å²) in [5, 5.41) is 11.9. The second kappa shape index (κ2) is 6.18. The molecule has 0 amide bonds. The van der Waals surface area contributed by atoms with Gasteiger partial charge in [-0.15, -0.1) is 0 Å². The van der Waals surface area contributed by atoms with E-state index in [0.717, 1.165) is 24.8 Å². The summed E-state index contributed by atoms with van der Waals surface area (Å²) in [6.07, 6.45) is 5.35. The Morgan fingerprint density at radius 2 is 2.24 bits per heavy atom. The molecule has 0 spiro atoms. The lowest BCUT2D eigenvalue weighted by atomic mass is 9.92. The van der Waals surface area contributed by atoms with Crippen LogP contribution in [0.2, 0.25) is 0 Å². The maximum atomic E-state index is 5.37. The van der Waals surface area contributed by atoms with E-state index in [2.05, 4.69) is 47.8 Å². The van der Waals surface area contributed by atoms with Gasteiger partial charge in [-0.2, -0.15) is 5.10 Å². The molecule has 0 aromatic carbocycles. The van der Waals surface area contributed by atoms with Crippen molar-refractivity contribution in [3.05, 3.63) is 29.6 Å². The summed E-state index contributed by atoms with van der Waals surface area (Å²) in [6.45, 7) is 13.2. The molecular weight excluding hydrogens is 280 g/mol. The summed E-state index contributed by atoms with van der Waals surface area (Å²) in [4.78, 5) is 0. The van der Waals surface area contributed by atoms with Crippen LogP contribution < -0.4 is 10.6 Å². The minimum Gasteiger partial charge on any atom is -0.359 e. The minimum atomic E-state index is 0.0220. The topological polar surface area (TPSA) is 41.9 Å². The average molecular weight is 306 g/mol. The molecule has 4 nitrogen and oxygen atoms in total. The molecular formula is C16H26N4S. The van der Waals surface area contributed by atoms with Crippen molar-refractivity contribution in [2.24, 2.45) is 0 Å². The Balaban J connectivity index is 2.10. The van der Waals surface area contributed by atoms with Gasteiger partial charge in [-0.3, -0.25) is 4.68 Å². The van der Waals surface area contributed by atoms with Gasteiger partial charge in [-0.1, -0.05) is 12.2 Å². The molecule has 2 rings (SSSR count). The molecule has 1 aromatic rings. The maximum absolute atomic E-state index is 5.37. The van der Waals surface area contributed by atoms with E-state index in [1.807, 2.05) is 13.1 Å². The van der Waals surface area contributed by atoms with Crippen molar-refractivity contribution in [1.29, 1.82) is 0 Å². The average Bonchev–Trinajstić information content (AvgIpc) is 2.81. The fourth-order valence-electron chi connectivity index (χ4n) is 2.73. The molecule has 5 heteroatoms. The van der Waals surface area contributed by atoms with Crippen LogP contribution in [0.3, 0.4) is 0 Å². The van der Waals surface area contributed by atoms with E-state index >= 15 is 0 Å². The molecule has 0 saturated heterocycles. The standard InChI is InChI=1S/C16H26N4S/c1-11(2)9-17-15(21)19-13-7-6-8-14-12(13)10-18-20(14)16(3,4)5/h10,13H,1,6-9H2,2-5H3,(H2,17,19,21). The van der Waals surface area contributed by atoms with Gasteiger partial charge in [-0.25, -0.2) is 0 Å². The number of fused-ring (bicyclic) bond motifs is 1. The lowest BCUT2D eigenvalue weighted by Crippen LogP contribution is -2.39. The van der Waals surface area contributed by atoms with Crippen LogP contribution in [0, 0.1) is 0 Å². The third-order valence-electron chi connectivity index (χ3n) is 3.67. The third kappa shape index (κ3) is 3.84. The van der Waals surface area contributed by atoms with Crippen LogP contribution >= 0.6 is 12.2 Å². The SMILES string of the molecule is C=C(C)CNC(=S)NC1CCCc2c1cnn2C(C)(C)C. The van der Waals surface area contributed by atoms with Crippen molar-refractivity contribution in [2.75, 3.05) is 6.54 Å². The lowest BCUT2D eigenvalue weighted by molar-refractivity contribution is 0.336. The van der Waals surface area contributed by atoms with Gasteiger partial charge < -0.3 is 10.6 Å². The van der Waals surface area contributed by atoms with E-state index in [0.29, 0.717) is 11.7 Å². The van der Waals surface area contributed by atoms with Crippen molar-refractivity contribution < 1.29 is 0 Å². The molecule has 1 atom stereocenters. The monoisotopic (exact) mass is 306 g/mol. The van der Waals surface area contributed by atoms with Crippen molar-refractivity contribution in [3.63, 3.8) is 0 Å². The molecule has 116 valence electrons. The van der Waals surface area contributed by atoms with Crippen molar-refractivity contribution in [1.82, 2.24) is 20.4 Å². The van der Waals surface area contributed by atoms with Gasteiger partial charge in [0.15, 0.2) is 5.11 Å². The summed E-state index contributed by atoms with van der Waals surface area (Å²) in [5.41, 5.74) is 3.72. The van der Waals surface area contributed by atoms with E-state index in [1.165, 1.54) is 11.3 Å². The number of thiocarbonyl (C=S) groups is 1. The molecule has 1 aromatic heterocycles. The molecule has 1 unspecified atom stereocenters. The first-order chi connectivity index (χ1) is 9.79. The first-order valence-corrected chi connectivity index (χ1v) is 7.96. The largest absolute Gasteiger partial charge is 0.359 e. The highest BCUT2D eigenvalue weighted by molar-refractivity contribution is 7.80. The Morgan fingerprint density at radius 3 is 2.86 bits per heavy atom. The zero-order valence-electron chi connectivity index (χ0n) is 13.5. The summed E-state index contributed by atoms with van der Waals surface area (Å²) in [7, 11) is 0. The number of nitrogens with zero attached hydrogens (tertiary/aromatic N) is 2. The van der Waals surface area contributed by atoms with Gasteiger partial charge >= 0.3 is 0 Å². The second-order valence-corrected chi connectivity index (χ2v) is 7.27. The van der Waals surface area contributed by atoms with Crippen LogP contribution in [0.4, 0.5) is 0 Å². The fourth-order valence-corrected chi connectivity index (χ4v) is 2.94. The van der Waals surface area contributed by atoms with Gasteiger partial charge in [0.2, 0.25) is 0 Å². The quantitative estimate of drug-likeness (QED) is 0.665. The highest BCUT2D eigenvalue weighted by atomic mass is 32.1. The third-order valence-corrected chi connectivity index (χ3v) is 3.94. The van der Waals surface area contributed by atoms with E-state index in [9.17, 15) is 0 Å². The molecule has 0 fully saturated rings. The Labute approximate surface area is 133 Å². The number of aromatic nitrogens is 2.